The first-order valence-electron chi connectivity index (χ1n) is 8.03. The summed E-state index contributed by atoms with van der Waals surface area (Å²) in [6.07, 6.45) is 2.57. The minimum Gasteiger partial charge on any atom is -0.505 e. The van der Waals surface area contributed by atoms with Gasteiger partial charge < -0.3 is 14.7 Å². The number of carbonyl (C=O) groups excluding carboxylic acids is 1. The molecule has 0 aromatic heterocycles. The number of nitrogens with zero attached hydrogens (tertiary/aromatic N) is 1. The predicted octanol–water partition coefficient (Wildman–Crippen LogP) is 4.21. The van der Waals surface area contributed by atoms with Gasteiger partial charge in [-0.1, -0.05) is 17.7 Å². The summed E-state index contributed by atoms with van der Waals surface area (Å²) in [5.74, 6) is 1.00. The first-order chi connectivity index (χ1) is 11.6. The Morgan fingerprint density at radius 2 is 1.83 bits per heavy atom. The summed E-state index contributed by atoms with van der Waals surface area (Å²) in [7, 11) is 0. The number of hydrogen-bond acceptors (Lipinski definition) is 4. The van der Waals surface area contributed by atoms with E-state index in [1.807, 2.05) is 31.2 Å². The number of ether oxygens (including phenoxy) is 1. The number of anilines is 1. The molecule has 1 heterocycles. The molecular formula is C19H20ClNO3. The Bertz CT molecular complexity index is 722. The third-order valence-electron chi connectivity index (χ3n) is 4.39. The number of piperidine rings is 1. The zero-order valence-electron chi connectivity index (χ0n) is 13.5. The lowest BCUT2D eigenvalue weighted by Crippen LogP contribution is -2.38. The summed E-state index contributed by atoms with van der Waals surface area (Å²) < 4.78 is 5.99. The smallest absolute Gasteiger partial charge is 0.152 e. The van der Waals surface area contributed by atoms with Crippen molar-refractivity contribution in [1.29, 1.82) is 0 Å². The fourth-order valence-electron chi connectivity index (χ4n) is 3.03. The van der Waals surface area contributed by atoms with Gasteiger partial charge in [-0.3, -0.25) is 4.79 Å². The van der Waals surface area contributed by atoms with Crippen molar-refractivity contribution >= 4 is 23.6 Å². The third-order valence-corrected chi connectivity index (χ3v) is 4.64. The molecule has 0 unspecified atom stereocenters. The van der Waals surface area contributed by atoms with Crippen molar-refractivity contribution in [3.63, 3.8) is 0 Å². The average Bonchev–Trinajstić information content (AvgIpc) is 2.60. The van der Waals surface area contributed by atoms with Crippen LogP contribution in [0.3, 0.4) is 0 Å². The number of hydrogen-bond donors (Lipinski definition) is 1. The maximum atomic E-state index is 11.3. The Morgan fingerprint density at radius 3 is 2.46 bits per heavy atom. The largest absolute Gasteiger partial charge is 0.505 e. The number of aldehydes is 1. The molecule has 24 heavy (non-hydrogen) atoms. The van der Waals surface area contributed by atoms with Crippen LogP contribution in [0.1, 0.15) is 28.8 Å². The van der Waals surface area contributed by atoms with Gasteiger partial charge in [0, 0.05) is 36.5 Å². The number of aromatic hydroxyl groups is 1. The van der Waals surface area contributed by atoms with Crippen LogP contribution in [0.25, 0.3) is 0 Å². The van der Waals surface area contributed by atoms with Crippen molar-refractivity contribution < 1.29 is 14.6 Å². The molecule has 1 aliphatic heterocycles. The molecule has 0 atom stereocenters. The average molecular weight is 346 g/mol. The van der Waals surface area contributed by atoms with E-state index in [4.69, 9.17) is 16.3 Å². The van der Waals surface area contributed by atoms with Gasteiger partial charge in [0.2, 0.25) is 0 Å². The van der Waals surface area contributed by atoms with E-state index in [-0.39, 0.29) is 11.9 Å². The number of halogens is 1. The van der Waals surface area contributed by atoms with E-state index in [2.05, 4.69) is 4.90 Å². The minimum atomic E-state index is 0.119. The van der Waals surface area contributed by atoms with Crippen LogP contribution < -0.4 is 9.64 Å². The van der Waals surface area contributed by atoms with Gasteiger partial charge in [-0.15, -0.1) is 0 Å². The Hall–Kier alpha value is -2.20. The van der Waals surface area contributed by atoms with Crippen LogP contribution in [-0.2, 0) is 0 Å². The molecular weight excluding hydrogens is 326 g/mol. The summed E-state index contributed by atoms with van der Waals surface area (Å²) in [5.41, 5.74) is 1.93. The van der Waals surface area contributed by atoms with Crippen molar-refractivity contribution in [2.24, 2.45) is 0 Å². The van der Waals surface area contributed by atoms with Gasteiger partial charge in [0.15, 0.2) is 6.29 Å². The fraction of sp³-hybridized carbons (Fsp3) is 0.316. The molecule has 5 heteroatoms. The van der Waals surface area contributed by atoms with Gasteiger partial charge in [0.25, 0.3) is 0 Å². The molecule has 1 N–H and O–H groups in total. The van der Waals surface area contributed by atoms with Crippen molar-refractivity contribution in [2.45, 2.75) is 25.9 Å². The second-order valence-corrected chi connectivity index (χ2v) is 6.48. The molecule has 2 aromatic rings. The van der Waals surface area contributed by atoms with E-state index in [0.29, 0.717) is 16.3 Å². The molecule has 126 valence electrons. The van der Waals surface area contributed by atoms with Gasteiger partial charge >= 0.3 is 0 Å². The number of phenolic OH excluding ortho intramolecular Hbond substituents is 1. The zero-order valence-corrected chi connectivity index (χ0v) is 14.3. The van der Waals surface area contributed by atoms with Crippen LogP contribution in [0, 0.1) is 6.92 Å². The Morgan fingerprint density at radius 1 is 1.17 bits per heavy atom. The summed E-state index contributed by atoms with van der Waals surface area (Å²) in [4.78, 5) is 13.4. The van der Waals surface area contributed by atoms with Gasteiger partial charge in [0.1, 0.15) is 17.6 Å². The van der Waals surface area contributed by atoms with E-state index in [0.717, 1.165) is 43.5 Å². The molecule has 1 aliphatic rings. The second kappa shape index (κ2) is 7.14. The molecule has 3 rings (SSSR count). The fourth-order valence-corrected chi connectivity index (χ4v) is 3.15. The minimum absolute atomic E-state index is 0.119. The van der Waals surface area contributed by atoms with E-state index in [9.17, 15) is 9.90 Å². The summed E-state index contributed by atoms with van der Waals surface area (Å²) >= 11 is 5.88. The molecule has 0 amide bonds. The Kier molecular flexibility index (Phi) is 4.95. The van der Waals surface area contributed by atoms with Crippen LogP contribution in [0.5, 0.6) is 11.5 Å². The maximum absolute atomic E-state index is 11.3. The summed E-state index contributed by atoms with van der Waals surface area (Å²) in [6, 6.07) is 10.9. The van der Waals surface area contributed by atoms with E-state index in [1.165, 1.54) is 0 Å². The van der Waals surface area contributed by atoms with E-state index >= 15 is 0 Å². The third kappa shape index (κ3) is 3.49. The van der Waals surface area contributed by atoms with Crippen LogP contribution >= 0.6 is 11.6 Å². The molecule has 1 fully saturated rings. The number of rotatable bonds is 4. The van der Waals surface area contributed by atoms with Gasteiger partial charge in [-0.2, -0.15) is 0 Å². The van der Waals surface area contributed by atoms with Crippen molar-refractivity contribution in [3.8, 4) is 11.5 Å². The molecule has 0 bridgehead atoms. The molecule has 0 aliphatic carbocycles. The van der Waals surface area contributed by atoms with E-state index in [1.54, 1.807) is 12.1 Å². The van der Waals surface area contributed by atoms with E-state index < -0.39 is 0 Å². The Balaban J connectivity index is 1.68. The first kappa shape index (κ1) is 16.7. The monoisotopic (exact) mass is 345 g/mol. The number of carbonyl (C=O) groups is 1. The number of benzene rings is 2. The lowest BCUT2D eigenvalue weighted by Gasteiger charge is -2.35. The summed E-state index contributed by atoms with van der Waals surface area (Å²) in [5, 5.41) is 11.0. The first-order valence-corrected chi connectivity index (χ1v) is 8.41. The van der Waals surface area contributed by atoms with Crippen LogP contribution in [0.4, 0.5) is 5.69 Å². The topological polar surface area (TPSA) is 49.8 Å². The van der Waals surface area contributed by atoms with Crippen molar-refractivity contribution in [3.05, 3.63) is 52.5 Å². The standard InChI is InChI=1S/C19H20ClNO3/c1-13-2-3-14(12-22)18(19(13)23)21-10-8-17(9-11-21)24-16-6-4-15(20)5-7-16/h2-7,12,17,23H,8-11H2,1H3. The highest BCUT2D eigenvalue weighted by Crippen LogP contribution is 2.35. The van der Waals surface area contributed by atoms with Crippen LogP contribution in [0.15, 0.2) is 36.4 Å². The highest BCUT2D eigenvalue weighted by atomic mass is 35.5. The molecule has 1 saturated heterocycles. The maximum Gasteiger partial charge on any atom is 0.152 e. The lowest BCUT2D eigenvalue weighted by atomic mass is 10.0. The Labute approximate surface area is 146 Å². The normalized spacial score (nSPS) is 15.3. The molecule has 2 aromatic carbocycles. The quantitative estimate of drug-likeness (QED) is 0.843. The second-order valence-electron chi connectivity index (χ2n) is 6.04. The zero-order chi connectivity index (χ0) is 17.1. The van der Waals surface area contributed by atoms with Gasteiger partial charge in [-0.05, 0) is 42.8 Å². The van der Waals surface area contributed by atoms with Crippen LogP contribution in [0.2, 0.25) is 5.02 Å². The highest BCUT2D eigenvalue weighted by molar-refractivity contribution is 6.30. The molecule has 4 nitrogen and oxygen atoms in total. The number of aryl methyl sites for hydroxylation is 1. The molecule has 0 radical (unpaired) electrons. The summed E-state index contributed by atoms with van der Waals surface area (Å²) in [6.45, 7) is 3.30. The van der Waals surface area contributed by atoms with Gasteiger partial charge in [-0.25, -0.2) is 0 Å². The highest BCUT2D eigenvalue weighted by Gasteiger charge is 2.24. The van der Waals surface area contributed by atoms with Crippen LogP contribution in [-0.4, -0.2) is 30.6 Å². The molecule has 0 spiro atoms. The SMILES string of the molecule is Cc1ccc(C=O)c(N2CCC(Oc3ccc(Cl)cc3)CC2)c1O. The number of phenols is 1. The van der Waals surface area contributed by atoms with Crippen molar-refractivity contribution in [2.75, 3.05) is 18.0 Å². The van der Waals surface area contributed by atoms with Gasteiger partial charge in [0.05, 0.1) is 5.69 Å². The predicted molar refractivity (Wildman–Crippen MR) is 95.5 cm³/mol. The lowest BCUT2D eigenvalue weighted by molar-refractivity contribution is 0.112. The van der Waals surface area contributed by atoms with Crippen molar-refractivity contribution in [1.82, 2.24) is 0 Å². The molecule has 0 saturated carbocycles.